The fraction of sp³-hybridized carbons (Fsp3) is 0.318. The number of aromatic amines is 1. The summed E-state index contributed by atoms with van der Waals surface area (Å²) in [6.07, 6.45) is 3.17. The van der Waals surface area contributed by atoms with Gasteiger partial charge in [0.15, 0.2) is 5.82 Å². The second kappa shape index (κ2) is 8.61. The summed E-state index contributed by atoms with van der Waals surface area (Å²) in [5, 5.41) is 7.65. The molecule has 1 atom stereocenters. The Bertz CT molecular complexity index is 917. The summed E-state index contributed by atoms with van der Waals surface area (Å²) in [6.45, 7) is 3.82. The summed E-state index contributed by atoms with van der Waals surface area (Å²) < 4.78 is 0. The Morgan fingerprint density at radius 2 is 1.82 bits per heavy atom. The molecule has 6 heteroatoms. The number of amides is 1. The molecule has 144 valence electrons. The molecule has 0 saturated carbocycles. The largest absolute Gasteiger partial charge is 0.341 e. The van der Waals surface area contributed by atoms with Crippen molar-refractivity contribution in [3.05, 3.63) is 65.7 Å². The normalized spacial score (nSPS) is 15.0. The molecule has 5 nitrogen and oxygen atoms in total. The van der Waals surface area contributed by atoms with Crippen LogP contribution in [0.25, 0.3) is 11.4 Å². The number of H-pyrrole nitrogens is 1. The van der Waals surface area contributed by atoms with E-state index in [1.54, 1.807) is 0 Å². The molecule has 0 aliphatic carbocycles. The molecule has 0 spiro atoms. The lowest BCUT2D eigenvalue weighted by molar-refractivity contribution is -0.129. The Kier molecular flexibility index (Phi) is 5.76. The zero-order valence-electron chi connectivity index (χ0n) is 16.0. The summed E-state index contributed by atoms with van der Waals surface area (Å²) in [5.74, 6) is 0.873. The molecule has 1 aliphatic rings. The second-order valence-corrected chi connectivity index (χ2v) is 8.03. The number of benzene rings is 2. The van der Waals surface area contributed by atoms with Crippen LogP contribution in [0.15, 0.2) is 59.8 Å². The number of hydrogen-bond acceptors (Lipinski definition) is 4. The number of aryl methyl sites for hydroxylation is 1. The van der Waals surface area contributed by atoms with E-state index in [9.17, 15) is 4.79 Å². The number of carbonyl (C=O) groups is 1. The van der Waals surface area contributed by atoms with Crippen molar-refractivity contribution in [2.24, 2.45) is 0 Å². The third-order valence-electron chi connectivity index (χ3n) is 5.07. The van der Waals surface area contributed by atoms with Gasteiger partial charge in [-0.25, -0.2) is 4.98 Å². The quantitative estimate of drug-likeness (QED) is 0.628. The van der Waals surface area contributed by atoms with Gasteiger partial charge in [-0.2, -0.15) is 0 Å². The molecule has 1 N–H and O–H groups in total. The number of carbonyl (C=O) groups excluding carboxylic acids is 1. The first kappa shape index (κ1) is 18.7. The monoisotopic (exact) mass is 392 g/mol. The standard InChI is InChI=1S/C22H24N4OS/c1-2-16-10-12-18(13-11-16)20-23-22(25-24-20)28-19(17-8-4-3-5-9-17)21(27)26-14-6-7-15-26/h3-5,8-13,19H,2,6-7,14-15H2,1H3,(H,23,24,25)/t19-/m0/s1. The molecule has 28 heavy (non-hydrogen) atoms. The van der Waals surface area contributed by atoms with Gasteiger partial charge in [-0.05, 0) is 30.4 Å². The molecule has 3 aromatic rings. The van der Waals surface area contributed by atoms with Crippen molar-refractivity contribution in [3.8, 4) is 11.4 Å². The third-order valence-corrected chi connectivity index (χ3v) is 6.17. The van der Waals surface area contributed by atoms with Crippen LogP contribution in [0.2, 0.25) is 0 Å². The summed E-state index contributed by atoms with van der Waals surface area (Å²) in [4.78, 5) is 19.7. The van der Waals surface area contributed by atoms with Crippen LogP contribution in [-0.2, 0) is 11.2 Å². The zero-order valence-corrected chi connectivity index (χ0v) is 16.8. The number of rotatable bonds is 6. The highest BCUT2D eigenvalue weighted by Gasteiger charge is 2.29. The van der Waals surface area contributed by atoms with E-state index >= 15 is 0 Å². The molecule has 1 saturated heterocycles. The Balaban J connectivity index is 1.56. The number of nitrogens with zero attached hydrogens (tertiary/aromatic N) is 3. The second-order valence-electron chi connectivity index (χ2n) is 6.96. The number of likely N-dealkylation sites (tertiary alicyclic amines) is 1. The smallest absolute Gasteiger partial charge is 0.240 e. The van der Waals surface area contributed by atoms with Gasteiger partial charge in [0.1, 0.15) is 5.25 Å². The summed E-state index contributed by atoms with van der Waals surface area (Å²) in [6, 6.07) is 18.2. The number of nitrogens with one attached hydrogen (secondary N) is 1. The van der Waals surface area contributed by atoms with E-state index in [-0.39, 0.29) is 11.2 Å². The van der Waals surface area contributed by atoms with Crippen LogP contribution in [0.5, 0.6) is 0 Å². The fourth-order valence-corrected chi connectivity index (χ4v) is 4.42. The molecule has 0 radical (unpaired) electrons. The summed E-state index contributed by atoms with van der Waals surface area (Å²) >= 11 is 1.42. The highest BCUT2D eigenvalue weighted by atomic mass is 32.2. The Morgan fingerprint density at radius 1 is 1.11 bits per heavy atom. The lowest BCUT2D eigenvalue weighted by atomic mass is 10.1. The van der Waals surface area contributed by atoms with Crippen molar-refractivity contribution in [1.29, 1.82) is 0 Å². The molecule has 0 unspecified atom stereocenters. The van der Waals surface area contributed by atoms with Crippen molar-refractivity contribution in [1.82, 2.24) is 20.1 Å². The average Bonchev–Trinajstić information content (AvgIpc) is 3.45. The van der Waals surface area contributed by atoms with Crippen LogP contribution in [0.1, 0.15) is 36.1 Å². The first-order valence-electron chi connectivity index (χ1n) is 9.76. The highest BCUT2D eigenvalue weighted by Crippen LogP contribution is 2.36. The fourth-order valence-electron chi connectivity index (χ4n) is 3.42. The van der Waals surface area contributed by atoms with Gasteiger partial charge in [0.05, 0.1) is 0 Å². The predicted octanol–water partition coefficient (Wildman–Crippen LogP) is 4.49. The van der Waals surface area contributed by atoms with Crippen molar-refractivity contribution in [2.45, 2.75) is 36.6 Å². The maximum atomic E-state index is 13.1. The van der Waals surface area contributed by atoms with E-state index in [1.165, 1.54) is 17.3 Å². The van der Waals surface area contributed by atoms with E-state index in [0.29, 0.717) is 5.16 Å². The molecule has 0 bridgehead atoms. The maximum absolute atomic E-state index is 13.1. The van der Waals surface area contributed by atoms with E-state index in [0.717, 1.165) is 49.3 Å². The van der Waals surface area contributed by atoms with E-state index in [2.05, 4.69) is 46.4 Å². The van der Waals surface area contributed by atoms with Gasteiger partial charge in [-0.3, -0.25) is 9.89 Å². The molecule has 2 aromatic carbocycles. The number of hydrogen-bond donors (Lipinski definition) is 1. The topological polar surface area (TPSA) is 61.9 Å². The maximum Gasteiger partial charge on any atom is 0.240 e. The molecule has 1 aromatic heterocycles. The van der Waals surface area contributed by atoms with Crippen LogP contribution in [0.3, 0.4) is 0 Å². The number of thioether (sulfide) groups is 1. The van der Waals surface area contributed by atoms with Crippen molar-refractivity contribution in [3.63, 3.8) is 0 Å². The molecule has 1 amide bonds. The first-order chi connectivity index (χ1) is 13.7. The average molecular weight is 393 g/mol. The Hall–Kier alpha value is -2.60. The summed E-state index contributed by atoms with van der Waals surface area (Å²) in [7, 11) is 0. The van der Waals surface area contributed by atoms with E-state index in [1.807, 2.05) is 35.2 Å². The minimum atomic E-state index is -0.328. The molecular weight excluding hydrogens is 368 g/mol. The molecular formula is C22H24N4OS. The van der Waals surface area contributed by atoms with E-state index in [4.69, 9.17) is 0 Å². The van der Waals surface area contributed by atoms with Gasteiger partial charge >= 0.3 is 0 Å². The number of aromatic nitrogens is 3. The van der Waals surface area contributed by atoms with Gasteiger partial charge in [0.2, 0.25) is 11.1 Å². The SMILES string of the molecule is CCc1ccc(-c2nc(S[C@H](C(=O)N3CCCC3)c3ccccc3)n[nH]2)cc1. The van der Waals surface area contributed by atoms with Crippen LogP contribution in [0, 0.1) is 0 Å². The van der Waals surface area contributed by atoms with Gasteiger partial charge in [0.25, 0.3) is 0 Å². The molecule has 4 rings (SSSR count). The molecule has 2 heterocycles. The van der Waals surface area contributed by atoms with Gasteiger partial charge < -0.3 is 4.90 Å². The Morgan fingerprint density at radius 3 is 2.50 bits per heavy atom. The van der Waals surface area contributed by atoms with Crippen LogP contribution >= 0.6 is 11.8 Å². The molecule has 1 fully saturated rings. The molecule has 1 aliphatic heterocycles. The van der Waals surface area contributed by atoms with Crippen molar-refractivity contribution < 1.29 is 4.79 Å². The highest BCUT2D eigenvalue weighted by molar-refractivity contribution is 8.00. The van der Waals surface area contributed by atoms with Crippen LogP contribution < -0.4 is 0 Å². The Labute approximate surface area is 169 Å². The minimum absolute atomic E-state index is 0.146. The first-order valence-corrected chi connectivity index (χ1v) is 10.6. The van der Waals surface area contributed by atoms with Crippen molar-refractivity contribution >= 4 is 17.7 Å². The predicted molar refractivity (Wildman–Crippen MR) is 112 cm³/mol. The van der Waals surface area contributed by atoms with Gasteiger partial charge in [-0.15, -0.1) is 5.10 Å². The van der Waals surface area contributed by atoms with Crippen LogP contribution in [-0.4, -0.2) is 39.1 Å². The zero-order chi connectivity index (χ0) is 19.3. The summed E-state index contributed by atoms with van der Waals surface area (Å²) in [5.41, 5.74) is 3.28. The van der Waals surface area contributed by atoms with Crippen LogP contribution in [0.4, 0.5) is 0 Å². The third kappa shape index (κ3) is 4.12. The lowest BCUT2D eigenvalue weighted by Crippen LogP contribution is -2.31. The van der Waals surface area contributed by atoms with Gasteiger partial charge in [0, 0.05) is 18.7 Å². The lowest BCUT2D eigenvalue weighted by Gasteiger charge is -2.22. The van der Waals surface area contributed by atoms with Gasteiger partial charge in [-0.1, -0.05) is 73.3 Å². The minimum Gasteiger partial charge on any atom is -0.341 e. The van der Waals surface area contributed by atoms with Crippen molar-refractivity contribution in [2.75, 3.05) is 13.1 Å². The van der Waals surface area contributed by atoms with E-state index < -0.39 is 0 Å².